The predicted molar refractivity (Wildman–Crippen MR) is 80.6 cm³/mol. The zero-order chi connectivity index (χ0) is 16.4. The van der Waals surface area contributed by atoms with Crippen LogP contribution >= 0.6 is 10.7 Å². The van der Waals surface area contributed by atoms with Crippen LogP contribution in [0.1, 0.15) is 36.2 Å². The van der Waals surface area contributed by atoms with Gasteiger partial charge < -0.3 is 4.90 Å². The van der Waals surface area contributed by atoms with Crippen LogP contribution in [0.5, 0.6) is 0 Å². The Morgan fingerprint density at radius 3 is 2.43 bits per heavy atom. The van der Waals surface area contributed by atoms with Crippen LogP contribution in [-0.2, 0) is 9.05 Å². The number of benzene rings is 1. The molecule has 21 heavy (non-hydrogen) atoms. The van der Waals surface area contributed by atoms with E-state index in [4.69, 9.17) is 10.7 Å². The summed E-state index contributed by atoms with van der Waals surface area (Å²) in [5.41, 5.74) is -0.210. The first-order chi connectivity index (χ1) is 9.54. The second-order valence-electron chi connectivity index (χ2n) is 5.45. The van der Waals surface area contributed by atoms with Crippen LogP contribution in [0.25, 0.3) is 0 Å². The summed E-state index contributed by atoms with van der Waals surface area (Å²) in [5, 5.41) is 0. The predicted octanol–water partition coefficient (Wildman–Crippen LogP) is 3.18. The number of hydrogen-bond acceptors (Lipinski definition) is 3. The van der Waals surface area contributed by atoms with Gasteiger partial charge in [-0.2, -0.15) is 0 Å². The molecule has 1 amide bonds. The van der Waals surface area contributed by atoms with Gasteiger partial charge in [0, 0.05) is 24.3 Å². The molecular weight excluding hydrogens is 317 g/mol. The number of halogens is 2. The molecule has 0 spiro atoms. The van der Waals surface area contributed by atoms with Gasteiger partial charge in [-0.15, -0.1) is 0 Å². The zero-order valence-electron chi connectivity index (χ0n) is 12.5. The molecule has 1 aromatic rings. The quantitative estimate of drug-likeness (QED) is 0.776. The molecular formula is C14H19ClFNO3S. The highest BCUT2D eigenvalue weighted by molar-refractivity contribution is 8.13. The SMILES string of the molecule is Cc1cc(S(=O)(=O)Cl)cc(C(=O)N(C)CCC(C)C)c1F. The normalized spacial score (nSPS) is 11.8. The Labute approximate surface area is 129 Å². The maximum absolute atomic E-state index is 14.1. The standard InChI is InChI=1S/C14H19ClFNO3S/c1-9(2)5-6-17(4)14(18)12-8-11(21(15,19)20)7-10(3)13(12)16/h7-9H,5-6H2,1-4H3. The lowest BCUT2D eigenvalue weighted by Gasteiger charge is -2.19. The largest absolute Gasteiger partial charge is 0.342 e. The van der Waals surface area contributed by atoms with Crippen molar-refractivity contribution in [2.75, 3.05) is 13.6 Å². The fourth-order valence-corrected chi connectivity index (χ4v) is 2.64. The van der Waals surface area contributed by atoms with E-state index in [1.165, 1.54) is 11.8 Å². The molecule has 0 radical (unpaired) electrons. The average molecular weight is 336 g/mol. The van der Waals surface area contributed by atoms with E-state index in [9.17, 15) is 17.6 Å². The molecule has 0 N–H and O–H groups in total. The van der Waals surface area contributed by atoms with Gasteiger partial charge in [0.15, 0.2) is 0 Å². The summed E-state index contributed by atoms with van der Waals surface area (Å²) in [7, 11) is 2.81. The third kappa shape index (κ3) is 4.68. The van der Waals surface area contributed by atoms with E-state index in [1.54, 1.807) is 7.05 Å². The van der Waals surface area contributed by atoms with Gasteiger partial charge >= 0.3 is 0 Å². The Morgan fingerprint density at radius 1 is 1.38 bits per heavy atom. The Morgan fingerprint density at radius 2 is 1.95 bits per heavy atom. The van der Waals surface area contributed by atoms with E-state index in [2.05, 4.69) is 0 Å². The lowest BCUT2D eigenvalue weighted by Crippen LogP contribution is -2.29. The van der Waals surface area contributed by atoms with Gasteiger partial charge in [0.05, 0.1) is 10.5 Å². The highest BCUT2D eigenvalue weighted by Crippen LogP contribution is 2.23. The van der Waals surface area contributed by atoms with E-state index in [0.29, 0.717) is 12.5 Å². The first-order valence-electron chi connectivity index (χ1n) is 6.54. The summed E-state index contributed by atoms with van der Waals surface area (Å²) < 4.78 is 36.8. The van der Waals surface area contributed by atoms with E-state index >= 15 is 0 Å². The Kier molecular flexibility index (Phi) is 5.75. The fourth-order valence-electron chi connectivity index (χ4n) is 1.79. The molecule has 1 rings (SSSR count). The number of amides is 1. The summed E-state index contributed by atoms with van der Waals surface area (Å²) in [6.07, 6.45) is 0.774. The maximum atomic E-state index is 14.1. The lowest BCUT2D eigenvalue weighted by molar-refractivity contribution is 0.0784. The van der Waals surface area contributed by atoms with E-state index in [0.717, 1.165) is 18.6 Å². The van der Waals surface area contributed by atoms with Crippen molar-refractivity contribution in [3.8, 4) is 0 Å². The summed E-state index contributed by atoms with van der Waals surface area (Å²) in [4.78, 5) is 13.4. The molecule has 0 aliphatic carbocycles. The van der Waals surface area contributed by atoms with Gasteiger partial charge in [0.2, 0.25) is 0 Å². The fraction of sp³-hybridized carbons (Fsp3) is 0.500. The second-order valence-corrected chi connectivity index (χ2v) is 8.01. The van der Waals surface area contributed by atoms with Gasteiger partial charge in [-0.3, -0.25) is 4.79 Å². The van der Waals surface area contributed by atoms with Gasteiger partial charge in [0.25, 0.3) is 15.0 Å². The Bertz CT molecular complexity index is 644. The Hall–Kier alpha value is -1.14. The number of rotatable bonds is 5. The summed E-state index contributed by atoms with van der Waals surface area (Å²) in [6, 6.07) is 2.10. The molecule has 0 aromatic heterocycles. The molecule has 0 bridgehead atoms. The van der Waals surface area contributed by atoms with Crippen molar-refractivity contribution >= 4 is 25.6 Å². The van der Waals surface area contributed by atoms with Crippen LogP contribution in [0.2, 0.25) is 0 Å². The van der Waals surface area contributed by atoms with Crippen molar-refractivity contribution in [1.82, 2.24) is 4.90 Å². The molecule has 0 atom stereocenters. The molecule has 118 valence electrons. The number of nitrogens with zero attached hydrogens (tertiary/aromatic N) is 1. The van der Waals surface area contributed by atoms with Crippen LogP contribution in [0.15, 0.2) is 17.0 Å². The smallest absolute Gasteiger partial charge is 0.261 e. The topological polar surface area (TPSA) is 54.5 Å². The van der Waals surface area contributed by atoms with Crippen LogP contribution in [-0.4, -0.2) is 32.8 Å². The molecule has 0 saturated carbocycles. The highest BCUT2D eigenvalue weighted by atomic mass is 35.7. The van der Waals surface area contributed by atoms with Crippen molar-refractivity contribution in [3.63, 3.8) is 0 Å². The molecule has 0 heterocycles. The van der Waals surface area contributed by atoms with Crippen LogP contribution < -0.4 is 0 Å². The summed E-state index contributed by atoms with van der Waals surface area (Å²) in [5.74, 6) is -0.875. The van der Waals surface area contributed by atoms with Crippen molar-refractivity contribution < 1.29 is 17.6 Å². The maximum Gasteiger partial charge on any atom is 0.261 e. The molecule has 0 saturated heterocycles. The number of carbonyl (C=O) groups is 1. The first kappa shape index (κ1) is 17.9. The molecule has 0 aliphatic rings. The molecule has 4 nitrogen and oxygen atoms in total. The van der Waals surface area contributed by atoms with Crippen molar-refractivity contribution in [3.05, 3.63) is 29.1 Å². The zero-order valence-corrected chi connectivity index (χ0v) is 14.1. The van der Waals surface area contributed by atoms with Gasteiger partial charge in [-0.05, 0) is 37.0 Å². The van der Waals surface area contributed by atoms with Gasteiger partial charge in [-0.25, -0.2) is 12.8 Å². The minimum atomic E-state index is -4.01. The molecule has 0 unspecified atom stereocenters. The molecule has 0 aliphatic heterocycles. The van der Waals surface area contributed by atoms with Crippen LogP contribution in [0.4, 0.5) is 4.39 Å². The van der Waals surface area contributed by atoms with Gasteiger partial charge in [0.1, 0.15) is 5.82 Å². The van der Waals surface area contributed by atoms with E-state index < -0.39 is 20.8 Å². The minimum absolute atomic E-state index is 0.0670. The number of hydrogen-bond donors (Lipinski definition) is 0. The van der Waals surface area contributed by atoms with Crippen molar-refractivity contribution in [2.24, 2.45) is 5.92 Å². The van der Waals surface area contributed by atoms with Crippen LogP contribution in [0.3, 0.4) is 0 Å². The average Bonchev–Trinajstić information content (AvgIpc) is 2.36. The lowest BCUT2D eigenvalue weighted by atomic mass is 10.1. The molecule has 1 aromatic carbocycles. The summed E-state index contributed by atoms with van der Waals surface area (Å²) >= 11 is 0. The first-order valence-corrected chi connectivity index (χ1v) is 8.85. The van der Waals surface area contributed by atoms with Crippen LogP contribution in [0, 0.1) is 18.7 Å². The molecule has 0 fully saturated rings. The minimum Gasteiger partial charge on any atom is -0.342 e. The van der Waals surface area contributed by atoms with E-state index in [1.807, 2.05) is 13.8 Å². The Balaban J connectivity index is 3.17. The highest BCUT2D eigenvalue weighted by Gasteiger charge is 2.22. The third-order valence-corrected chi connectivity index (χ3v) is 4.46. The number of carbonyl (C=O) groups excluding carboxylic acids is 1. The van der Waals surface area contributed by atoms with E-state index in [-0.39, 0.29) is 16.0 Å². The van der Waals surface area contributed by atoms with Crippen molar-refractivity contribution in [2.45, 2.75) is 32.1 Å². The second kappa shape index (κ2) is 6.75. The number of aryl methyl sites for hydroxylation is 1. The van der Waals surface area contributed by atoms with Crippen molar-refractivity contribution in [1.29, 1.82) is 0 Å². The third-order valence-electron chi connectivity index (χ3n) is 3.13. The van der Waals surface area contributed by atoms with Gasteiger partial charge in [-0.1, -0.05) is 13.8 Å². The molecule has 7 heteroatoms. The monoisotopic (exact) mass is 335 g/mol. The summed E-state index contributed by atoms with van der Waals surface area (Å²) in [6.45, 7) is 5.89.